The second-order valence-electron chi connectivity index (χ2n) is 3.04. The maximum Gasteiger partial charge on any atom is 0.337 e. The fraction of sp³-hybridized carbons (Fsp3) is 0.200. The third-order valence-corrected chi connectivity index (χ3v) is 3.27. The van der Waals surface area contributed by atoms with Crippen LogP contribution in [0.25, 0.3) is 0 Å². The second kappa shape index (κ2) is 3.94. The van der Waals surface area contributed by atoms with Crippen LogP contribution in [0, 0.1) is 0 Å². The van der Waals surface area contributed by atoms with E-state index in [1.165, 1.54) is 7.11 Å². The van der Waals surface area contributed by atoms with E-state index in [2.05, 4.69) is 9.89 Å². The van der Waals surface area contributed by atoms with E-state index in [0.717, 1.165) is 10.5 Å². The Morgan fingerprint density at radius 1 is 1.60 bits per heavy atom. The lowest BCUT2D eigenvalue weighted by Gasteiger charge is -2.01. The van der Waals surface area contributed by atoms with Crippen LogP contribution < -0.4 is 0 Å². The van der Waals surface area contributed by atoms with Gasteiger partial charge < -0.3 is 9.94 Å². The van der Waals surface area contributed by atoms with Gasteiger partial charge >= 0.3 is 5.97 Å². The SMILES string of the molecule is COC(=O)c1ccc2c(c1)SC/C2=N\O. The molecular weight excluding hydrogens is 214 g/mol. The molecule has 1 aromatic rings. The fourth-order valence-corrected chi connectivity index (χ4v) is 2.49. The summed E-state index contributed by atoms with van der Waals surface area (Å²) >= 11 is 1.54. The summed E-state index contributed by atoms with van der Waals surface area (Å²) in [5.74, 6) is 0.281. The Labute approximate surface area is 90.9 Å². The number of benzene rings is 1. The molecule has 1 aromatic carbocycles. The van der Waals surface area contributed by atoms with Crippen molar-refractivity contribution >= 4 is 23.4 Å². The van der Waals surface area contributed by atoms with E-state index in [4.69, 9.17) is 5.21 Å². The highest BCUT2D eigenvalue weighted by molar-refractivity contribution is 8.00. The van der Waals surface area contributed by atoms with Crippen molar-refractivity contribution in [2.45, 2.75) is 4.90 Å². The Bertz CT molecular complexity index is 442. The average Bonchev–Trinajstić information content (AvgIpc) is 2.69. The minimum Gasteiger partial charge on any atom is -0.465 e. The Balaban J connectivity index is 2.41. The number of methoxy groups -OCH3 is 1. The maximum absolute atomic E-state index is 11.3. The van der Waals surface area contributed by atoms with Gasteiger partial charge in [-0.2, -0.15) is 0 Å². The van der Waals surface area contributed by atoms with Crippen molar-refractivity contribution in [3.8, 4) is 0 Å². The molecule has 1 aliphatic rings. The molecule has 1 heterocycles. The van der Waals surface area contributed by atoms with Crippen LogP contribution in [0.1, 0.15) is 15.9 Å². The molecule has 1 aliphatic heterocycles. The second-order valence-corrected chi connectivity index (χ2v) is 4.06. The number of ether oxygens (including phenoxy) is 1. The van der Waals surface area contributed by atoms with Gasteiger partial charge in [-0.1, -0.05) is 11.2 Å². The van der Waals surface area contributed by atoms with Crippen LogP contribution in [-0.2, 0) is 4.74 Å². The lowest BCUT2D eigenvalue weighted by Crippen LogP contribution is -2.02. The van der Waals surface area contributed by atoms with E-state index in [9.17, 15) is 4.79 Å². The summed E-state index contributed by atoms with van der Waals surface area (Å²) < 4.78 is 4.62. The number of thioether (sulfide) groups is 1. The first-order chi connectivity index (χ1) is 7.26. The Morgan fingerprint density at radius 2 is 2.40 bits per heavy atom. The highest BCUT2D eigenvalue weighted by Crippen LogP contribution is 2.32. The summed E-state index contributed by atoms with van der Waals surface area (Å²) in [6.07, 6.45) is 0. The largest absolute Gasteiger partial charge is 0.465 e. The molecule has 0 amide bonds. The Kier molecular flexibility index (Phi) is 2.64. The van der Waals surface area contributed by atoms with Crippen molar-refractivity contribution in [2.75, 3.05) is 12.9 Å². The molecule has 1 N–H and O–H groups in total. The number of fused-ring (bicyclic) bond motifs is 1. The van der Waals surface area contributed by atoms with Crippen LogP contribution in [0.4, 0.5) is 0 Å². The van der Waals surface area contributed by atoms with Crippen molar-refractivity contribution in [3.63, 3.8) is 0 Å². The number of hydrogen-bond acceptors (Lipinski definition) is 5. The molecule has 0 unspecified atom stereocenters. The number of carbonyl (C=O) groups excluding carboxylic acids is 1. The predicted molar refractivity (Wildman–Crippen MR) is 56.8 cm³/mol. The molecule has 0 saturated carbocycles. The summed E-state index contributed by atoms with van der Waals surface area (Å²) in [7, 11) is 1.35. The summed E-state index contributed by atoms with van der Waals surface area (Å²) in [4.78, 5) is 12.2. The van der Waals surface area contributed by atoms with E-state index < -0.39 is 0 Å². The smallest absolute Gasteiger partial charge is 0.337 e. The molecule has 0 aromatic heterocycles. The van der Waals surface area contributed by atoms with Gasteiger partial charge in [-0.05, 0) is 12.1 Å². The normalized spacial score (nSPS) is 16.5. The van der Waals surface area contributed by atoms with Gasteiger partial charge in [0.15, 0.2) is 0 Å². The van der Waals surface area contributed by atoms with Crippen LogP contribution in [0.15, 0.2) is 28.3 Å². The summed E-state index contributed by atoms with van der Waals surface area (Å²) in [5.41, 5.74) is 2.05. The van der Waals surface area contributed by atoms with Crippen LogP contribution in [0.2, 0.25) is 0 Å². The molecule has 5 heteroatoms. The van der Waals surface area contributed by atoms with Gasteiger partial charge in [0.1, 0.15) is 0 Å². The van der Waals surface area contributed by atoms with Crippen molar-refractivity contribution in [3.05, 3.63) is 29.3 Å². The van der Waals surface area contributed by atoms with E-state index in [0.29, 0.717) is 17.0 Å². The standard InChI is InChI=1S/C10H9NO3S/c1-14-10(12)6-2-3-7-8(11-13)5-15-9(7)4-6/h2-4,13H,5H2,1H3/b11-8+. The van der Waals surface area contributed by atoms with Crippen LogP contribution in [-0.4, -0.2) is 29.8 Å². The van der Waals surface area contributed by atoms with E-state index >= 15 is 0 Å². The first-order valence-corrected chi connectivity index (χ1v) is 5.31. The molecule has 0 atom stereocenters. The number of rotatable bonds is 1. The van der Waals surface area contributed by atoms with E-state index in [1.807, 2.05) is 0 Å². The van der Waals surface area contributed by atoms with Crippen LogP contribution in [0.5, 0.6) is 0 Å². The lowest BCUT2D eigenvalue weighted by atomic mass is 10.1. The summed E-state index contributed by atoms with van der Waals surface area (Å²) in [6.45, 7) is 0. The summed E-state index contributed by atoms with van der Waals surface area (Å²) in [5, 5.41) is 11.9. The number of hydrogen-bond donors (Lipinski definition) is 1. The minimum absolute atomic E-state index is 0.354. The molecular formula is C10H9NO3S. The minimum atomic E-state index is -0.354. The monoisotopic (exact) mass is 223 g/mol. The van der Waals surface area contributed by atoms with Gasteiger partial charge in [0.2, 0.25) is 0 Å². The maximum atomic E-state index is 11.3. The topological polar surface area (TPSA) is 58.9 Å². The first-order valence-electron chi connectivity index (χ1n) is 4.32. The Hall–Kier alpha value is -1.49. The molecule has 0 saturated heterocycles. The number of nitrogens with zero attached hydrogens (tertiary/aromatic N) is 1. The van der Waals surface area contributed by atoms with Gasteiger partial charge in [-0.25, -0.2) is 4.79 Å². The predicted octanol–water partition coefficient (Wildman–Crippen LogP) is 1.76. The van der Waals surface area contributed by atoms with Crippen molar-refractivity contribution in [1.29, 1.82) is 0 Å². The molecule has 0 bridgehead atoms. The van der Waals surface area contributed by atoms with Crippen molar-refractivity contribution < 1.29 is 14.7 Å². The average molecular weight is 223 g/mol. The molecule has 15 heavy (non-hydrogen) atoms. The van der Waals surface area contributed by atoms with Gasteiger partial charge in [0.05, 0.1) is 18.4 Å². The van der Waals surface area contributed by atoms with Crippen LogP contribution in [0.3, 0.4) is 0 Å². The third kappa shape index (κ3) is 1.70. The lowest BCUT2D eigenvalue weighted by molar-refractivity contribution is 0.0600. The first kappa shape index (κ1) is 10.0. The molecule has 2 rings (SSSR count). The van der Waals surface area contributed by atoms with Gasteiger partial charge in [-0.3, -0.25) is 0 Å². The highest BCUT2D eigenvalue weighted by Gasteiger charge is 2.20. The third-order valence-electron chi connectivity index (χ3n) is 2.20. The van der Waals surface area contributed by atoms with Crippen molar-refractivity contribution in [1.82, 2.24) is 0 Å². The Morgan fingerprint density at radius 3 is 3.07 bits per heavy atom. The molecule has 4 nitrogen and oxygen atoms in total. The molecule has 0 spiro atoms. The number of oxime groups is 1. The van der Waals surface area contributed by atoms with E-state index in [1.54, 1.807) is 30.0 Å². The summed E-state index contributed by atoms with van der Waals surface area (Å²) in [6, 6.07) is 5.20. The number of carbonyl (C=O) groups is 1. The quantitative estimate of drug-likeness (QED) is 0.447. The fourth-order valence-electron chi connectivity index (χ4n) is 1.43. The zero-order valence-electron chi connectivity index (χ0n) is 8.06. The molecule has 0 aliphatic carbocycles. The van der Waals surface area contributed by atoms with E-state index in [-0.39, 0.29) is 5.97 Å². The van der Waals surface area contributed by atoms with Crippen LogP contribution >= 0.6 is 11.8 Å². The molecule has 0 fully saturated rings. The van der Waals surface area contributed by atoms with Gasteiger partial charge in [-0.15, -0.1) is 11.8 Å². The zero-order chi connectivity index (χ0) is 10.8. The molecule has 78 valence electrons. The zero-order valence-corrected chi connectivity index (χ0v) is 8.87. The molecule has 0 radical (unpaired) electrons. The number of esters is 1. The van der Waals surface area contributed by atoms with Crippen molar-refractivity contribution in [2.24, 2.45) is 5.16 Å². The van der Waals surface area contributed by atoms with Gasteiger partial charge in [0, 0.05) is 16.2 Å². The van der Waals surface area contributed by atoms with Gasteiger partial charge in [0.25, 0.3) is 0 Å². The highest BCUT2D eigenvalue weighted by atomic mass is 32.2.